The van der Waals surface area contributed by atoms with Crippen molar-refractivity contribution >= 4 is 55.9 Å². The van der Waals surface area contributed by atoms with Gasteiger partial charge in [-0.3, -0.25) is 5.32 Å². The minimum atomic E-state index is -0.526. The zero-order chi connectivity index (χ0) is 26.6. The number of likely N-dealkylation sites (N-methyl/N-ethyl adjacent to an activating group) is 1. The largest absolute Gasteiger partial charge is 0.463 e. The van der Waals surface area contributed by atoms with Crippen molar-refractivity contribution in [3.8, 4) is 0 Å². The van der Waals surface area contributed by atoms with Crippen LogP contribution in [-0.2, 0) is 24.0 Å². The summed E-state index contributed by atoms with van der Waals surface area (Å²) in [5.74, 6) is 0. The number of nitrogens with zero attached hydrogens (tertiary/aromatic N) is 1. The molecule has 1 N–H and O–H groups in total. The zero-order valence-corrected chi connectivity index (χ0v) is 24.4. The number of anilines is 1. The summed E-state index contributed by atoms with van der Waals surface area (Å²) in [6.07, 6.45) is 6.53. The van der Waals surface area contributed by atoms with Gasteiger partial charge in [-0.2, -0.15) is 0 Å². The smallest absolute Gasteiger partial charge is 0.412 e. The van der Waals surface area contributed by atoms with Crippen molar-refractivity contribution < 1.29 is 13.9 Å². The molecule has 1 amide bonds. The molecule has 4 aromatic rings. The fourth-order valence-electron chi connectivity index (χ4n) is 4.61. The van der Waals surface area contributed by atoms with Gasteiger partial charge in [0, 0.05) is 33.7 Å². The highest BCUT2D eigenvalue weighted by Crippen LogP contribution is 2.34. The van der Waals surface area contributed by atoms with Gasteiger partial charge in [0.05, 0.1) is 4.90 Å². The summed E-state index contributed by atoms with van der Waals surface area (Å²) in [5, 5.41) is 5.35. The Morgan fingerprint density at radius 2 is 1.86 bits per heavy atom. The molecule has 0 aliphatic heterocycles. The van der Waals surface area contributed by atoms with Crippen LogP contribution in [0, 0.1) is 0 Å². The van der Waals surface area contributed by atoms with Crippen LogP contribution in [0.4, 0.5) is 10.5 Å². The quantitative estimate of drug-likeness (QED) is 0.206. The van der Waals surface area contributed by atoms with Crippen LogP contribution >= 0.6 is 23.1 Å². The molecule has 0 aliphatic carbocycles. The number of benzene rings is 2. The third-order valence-corrected chi connectivity index (χ3v) is 8.62. The number of thiophene rings is 1. The number of rotatable bonds is 10. The Morgan fingerprint density at radius 3 is 2.57 bits per heavy atom. The maximum absolute atomic E-state index is 12.3. The lowest BCUT2D eigenvalue weighted by molar-refractivity contribution is 0.0636. The summed E-state index contributed by atoms with van der Waals surface area (Å²) >= 11 is 3.59. The number of hydrogen-bond donors (Lipinski definition) is 1. The number of thioether (sulfide) groups is 1. The number of ether oxygens (including phenoxy) is 1. The fourth-order valence-corrected chi connectivity index (χ4v) is 6.31. The van der Waals surface area contributed by atoms with Crippen molar-refractivity contribution in [1.29, 1.82) is 0 Å². The lowest BCUT2D eigenvalue weighted by Crippen LogP contribution is -2.28. The Morgan fingerprint density at radius 1 is 1.08 bits per heavy atom. The van der Waals surface area contributed by atoms with Crippen molar-refractivity contribution in [3.05, 3.63) is 58.7 Å². The summed E-state index contributed by atoms with van der Waals surface area (Å²) in [6, 6.07) is 12.7. The molecule has 37 heavy (non-hydrogen) atoms. The summed E-state index contributed by atoms with van der Waals surface area (Å²) < 4.78 is 12.4. The SMILES string of the molecule is CCc1sc2ccc(NC(=O)OC(C)(C)C)cc2c1CCN(CC)CCc1ccc2occ(SC)c2c1. The Kier molecular flexibility index (Phi) is 8.88. The second-order valence-electron chi connectivity index (χ2n) is 10.3. The zero-order valence-electron chi connectivity index (χ0n) is 22.8. The molecule has 2 aromatic heterocycles. The Bertz CT molecular complexity index is 1370. The van der Waals surface area contributed by atoms with E-state index in [4.69, 9.17) is 9.15 Å². The van der Waals surface area contributed by atoms with Crippen LogP contribution in [-0.4, -0.2) is 42.5 Å². The van der Waals surface area contributed by atoms with Crippen molar-refractivity contribution in [2.24, 2.45) is 0 Å². The van der Waals surface area contributed by atoms with Gasteiger partial charge in [-0.1, -0.05) is 19.9 Å². The molecule has 0 saturated carbocycles. The normalized spacial score (nSPS) is 12.1. The average Bonchev–Trinajstić information content (AvgIpc) is 3.43. The predicted molar refractivity (Wildman–Crippen MR) is 159 cm³/mol. The van der Waals surface area contributed by atoms with E-state index < -0.39 is 11.7 Å². The van der Waals surface area contributed by atoms with Gasteiger partial charge in [-0.15, -0.1) is 23.1 Å². The average molecular weight is 539 g/mol. The van der Waals surface area contributed by atoms with E-state index in [-0.39, 0.29) is 0 Å². The molecule has 0 spiro atoms. The van der Waals surface area contributed by atoms with Crippen molar-refractivity contribution in [1.82, 2.24) is 4.90 Å². The minimum absolute atomic E-state index is 0.422. The molecule has 198 valence electrons. The second-order valence-corrected chi connectivity index (χ2v) is 12.2. The maximum Gasteiger partial charge on any atom is 0.412 e. The summed E-state index contributed by atoms with van der Waals surface area (Å²) in [4.78, 5) is 17.5. The first-order valence-corrected chi connectivity index (χ1v) is 15.1. The number of carbonyl (C=O) groups is 1. The van der Waals surface area contributed by atoms with Crippen molar-refractivity contribution in [3.63, 3.8) is 0 Å². The molecular formula is C30H38N2O3S2. The summed E-state index contributed by atoms with van der Waals surface area (Å²) in [5.41, 5.74) is 3.95. The van der Waals surface area contributed by atoms with Gasteiger partial charge >= 0.3 is 6.09 Å². The molecular weight excluding hydrogens is 500 g/mol. The van der Waals surface area contributed by atoms with E-state index in [2.05, 4.69) is 60.7 Å². The number of amides is 1. The van der Waals surface area contributed by atoms with Crippen LogP contribution < -0.4 is 5.32 Å². The topological polar surface area (TPSA) is 54.7 Å². The highest BCUT2D eigenvalue weighted by Gasteiger charge is 2.18. The first-order valence-electron chi connectivity index (χ1n) is 13.0. The standard InChI is InChI=1S/C30H38N2O3S2/c1-7-26-22(23-18-21(10-12-27(23)37-26)31-29(33)35-30(3,4)5)14-16-32(8-2)15-13-20-9-11-25-24(17-20)28(36-6)19-34-25/h9-12,17-19H,7-8,13-16H2,1-6H3,(H,31,33). The first-order chi connectivity index (χ1) is 17.7. The molecule has 0 aliphatic rings. The molecule has 2 aromatic carbocycles. The highest BCUT2D eigenvalue weighted by molar-refractivity contribution is 7.98. The Hall–Kier alpha value is -2.48. The van der Waals surface area contributed by atoms with Gasteiger partial charge in [-0.25, -0.2) is 4.79 Å². The van der Waals surface area contributed by atoms with E-state index in [1.165, 1.54) is 36.4 Å². The number of nitrogens with one attached hydrogen (secondary N) is 1. The highest BCUT2D eigenvalue weighted by atomic mass is 32.2. The van der Waals surface area contributed by atoms with Gasteiger partial charge < -0.3 is 14.1 Å². The van der Waals surface area contributed by atoms with Crippen molar-refractivity contribution in [2.45, 2.75) is 64.4 Å². The third kappa shape index (κ3) is 6.89. The van der Waals surface area contributed by atoms with E-state index in [0.717, 1.165) is 50.2 Å². The number of aryl methyl sites for hydroxylation is 1. The van der Waals surface area contributed by atoms with E-state index in [1.807, 2.05) is 44.4 Å². The van der Waals surface area contributed by atoms with Crippen LogP contribution in [0.5, 0.6) is 0 Å². The molecule has 0 atom stereocenters. The lowest BCUT2D eigenvalue weighted by atomic mass is 10.0. The minimum Gasteiger partial charge on any atom is -0.463 e. The van der Waals surface area contributed by atoms with Crippen LogP contribution in [0.25, 0.3) is 21.1 Å². The summed E-state index contributed by atoms with van der Waals surface area (Å²) in [6.45, 7) is 13.1. The Labute approximate surface area is 228 Å². The number of furan rings is 1. The molecule has 0 fully saturated rings. The molecule has 5 nitrogen and oxygen atoms in total. The summed E-state index contributed by atoms with van der Waals surface area (Å²) in [7, 11) is 0. The van der Waals surface area contributed by atoms with E-state index in [0.29, 0.717) is 0 Å². The van der Waals surface area contributed by atoms with E-state index in [1.54, 1.807) is 11.8 Å². The first kappa shape index (κ1) is 27.6. The predicted octanol–water partition coefficient (Wildman–Crippen LogP) is 8.39. The molecule has 0 unspecified atom stereocenters. The van der Waals surface area contributed by atoms with Gasteiger partial charge in [0.1, 0.15) is 17.4 Å². The van der Waals surface area contributed by atoms with Gasteiger partial charge in [0.25, 0.3) is 0 Å². The molecule has 4 rings (SSSR count). The van der Waals surface area contributed by atoms with Crippen LogP contribution in [0.1, 0.15) is 50.6 Å². The second kappa shape index (κ2) is 11.9. The number of fused-ring (bicyclic) bond motifs is 2. The van der Waals surface area contributed by atoms with E-state index >= 15 is 0 Å². The number of hydrogen-bond acceptors (Lipinski definition) is 6. The molecule has 2 heterocycles. The van der Waals surface area contributed by atoms with E-state index in [9.17, 15) is 4.79 Å². The molecule has 0 radical (unpaired) electrons. The maximum atomic E-state index is 12.3. The lowest BCUT2D eigenvalue weighted by Gasteiger charge is -2.21. The van der Waals surface area contributed by atoms with Crippen LogP contribution in [0.2, 0.25) is 0 Å². The van der Waals surface area contributed by atoms with Crippen LogP contribution in [0.3, 0.4) is 0 Å². The molecule has 0 bridgehead atoms. The molecule has 0 saturated heterocycles. The van der Waals surface area contributed by atoms with Crippen molar-refractivity contribution in [2.75, 3.05) is 31.2 Å². The molecule has 7 heteroatoms. The Balaban J connectivity index is 1.44. The van der Waals surface area contributed by atoms with Gasteiger partial charge in [0.2, 0.25) is 0 Å². The van der Waals surface area contributed by atoms with Crippen LogP contribution in [0.15, 0.2) is 52.0 Å². The monoisotopic (exact) mass is 538 g/mol. The van der Waals surface area contributed by atoms with Gasteiger partial charge in [0.15, 0.2) is 0 Å². The third-order valence-electron chi connectivity index (χ3n) is 6.51. The number of carbonyl (C=O) groups excluding carboxylic acids is 1. The fraction of sp³-hybridized carbons (Fsp3) is 0.433. The van der Waals surface area contributed by atoms with Gasteiger partial charge in [-0.05, 0) is 99.7 Å².